The molecule has 12 heteroatoms. The summed E-state index contributed by atoms with van der Waals surface area (Å²) < 4.78 is 18.0. The minimum Gasteiger partial charge on any atom is -0.485 e. The predicted octanol–water partition coefficient (Wildman–Crippen LogP) is 1.26. The van der Waals surface area contributed by atoms with Crippen LogP contribution in [0.15, 0.2) is 45.3 Å². The van der Waals surface area contributed by atoms with Crippen LogP contribution in [0.25, 0.3) is 11.2 Å². The lowest BCUT2D eigenvalue weighted by Gasteiger charge is -2.25. The van der Waals surface area contributed by atoms with Crippen LogP contribution in [0.1, 0.15) is 18.3 Å². The zero-order chi connectivity index (χ0) is 23.1. The number of hydrogen-bond donors (Lipinski definition) is 0. The Morgan fingerprint density at radius 1 is 1.09 bits per heavy atom. The molecule has 0 unspecified atom stereocenters. The average Bonchev–Trinajstić information content (AvgIpc) is 3.39. The number of aromatic nitrogens is 7. The highest BCUT2D eigenvalue weighted by Gasteiger charge is 2.27. The molecule has 1 aliphatic heterocycles. The summed E-state index contributed by atoms with van der Waals surface area (Å²) in [5.74, 6) is 2.74. The predicted molar refractivity (Wildman–Crippen MR) is 122 cm³/mol. The second-order valence-corrected chi connectivity index (χ2v) is 8.85. The third-order valence-electron chi connectivity index (χ3n) is 5.62. The number of nitrogens with zero attached hydrogens (tertiary/aromatic N) is 7. The van der Waals surface area contributed by atoms with Gasteiger partial charge in [0.2, 0.25) is 0 Å². The highest BCUT2D eigenvalue weighted by atomic mass is 32.2. The molecule has 0 bridgehead atoms. The van der Waals surface area contributed by atoms with Gasteiger partial charge >= 0.3 is 5.69 Å². The van der Waals surface area contributed by atoms with Gasteiger partial charge < -0.3 is 18.6 Å². The first-order valence-electron chi connectivity index (χ1n) is 10.5. The van der Waals surface area contributed by atoms with Crippen molar-refractivity contribution in [2.24, 2.45) is 21.1 Å². The van der Waals surface area contributed by atoms with Gasteiger partial charge in [-0.15, -0.1) is 10.2 Å². The van der Waals surface area contributed by atoms with Crippen LogP contribution in [-0.4, -0.2) is 45.8 Å². The Balaban J connectivity index is 1.25. The summed E-state index contributed by atoms with van der Waals surface area (Å²) in [6.45, 7) is 0.664. The first-order chi connectivity index (χ1) is 16.0. The highest BCUT2D eigenvalue weighted by Crippen LogP contribution is 2.35. The van der Waals surface area contributed by atoms with Crippen LogP contribution in [0.5, 0.6) is 11.5 Å². The molecular formula is C21H23N7O4S. The minimum absolute atomic E-state index is 0.306. The van der Waals surface area contributed by atoms with Gasteiger partial charge in [-0.25, -0.2) is 9.78 Å². The summed E-state index contributed by atoms with van der Waals surface area (Å²) in [5.41, 5.74) is 0.112. The average molecular weight is 470 g/mol. The van der Waals surface area contributed by atoms with Crippen molar-refractivity contribution in [2.45, 2.75) is 24.2 Å². The largest absolute Gasteiger partial charge is 0.485 e. The minimum atomic E-state index is -0.369. The number of ether oxygens (including phenoxy) is 2. The van der Waals surface area contributed by atoms with Gasteiger partial charge in [-0.3, -0.25) is 13.9 Å². The Morgan fingerprint density at radius 2 is 1.88 bits per heavy atom. The van der Waals surface area contributed by atoms with Crippen LogP contribution in [0.2, 0.25) is 0 Å². The molecule has 0 N–H and O–H groups in total. The Labute approximate surface area is 192 Å². The number of benzene rings is 1. The zero-order valence-electron chi connectivity index (χ0n) is 18.5. The molecule has 11 nitrogen and oxygen atoms in total. The number of fused-ring (bicyclic) bond motifs is 2. The number of hydrogen-bond acceptors (Lipinski definition) is 8. The van der Waals surface area contributed by atoms with E-state index in [0.29, 0.717) is 48.1 Å². The van der Waals surface area contributed by atoms with Gasteiger partial charge in [-0.2, -0.15) is 0 Å². The lowest BCUT2D eigenvalue weighted by Crippen LogP contribution is -2.39. The van der Waals surface area contributed by atoms with E-state index in [0.717, 1.165) is 10.9 Å². The molecule has 0 fully saturated rings. The summed E-state index contributed by atoms with van der Waals surface area (Å²) in [4.78, 5) is 29.6. The van der Waals surface area contributed by atoms with E-state index in [4.69, 9.17) is 9.47 Å². The molecule has 4 aromatic rings. The quantitative estimate of drug-likeness (QED) is 0.307. The van der Waals surface area contributed by atoms with Gasteiger partial charge in [0.05, 0.1) is 6.33 Å². The molecule has 5 rings (SSSR count). The van der Waals surface area contributed by atoms with E-state index in [1.165, 1.54) is 27.2 Å². The normalized spacial score (nSPS) is 15.3. The van der Waals surface area contributed by atoms with Gasteiger partial charge in [0.1, 0.15) is 6.61 Å². The molecule has 172 valence electrons. The van der Waals surface area contributed by atoms with Crippen molar-refractivity contribution in [2.75, 3.05) is 12.4 Å². The van der Waals surface area contributed by atoms with Crippen LogP contribution in [0, 0.1) is 0 Å². The van der Waals surface area contributed by atoms with E-state index >= 15 is 0 Å². The number of imidazole rings is 1. The third kappa shape index (κ3) is 3.69. The molecule has 0 saturated carbocycles. The molecular weight excluding hydrogens is 446 g/mol. The SMILES string of the molecule is Cn1c(SCCCn2c(=O)c3c(ncn3C)n(C)c2=O)nnc1[C@H]1COc2ccccc2O1. The smallest absolute Gasteiger partial charge is 0.332 e. The number of para-hydroxylation sites is 2. The number of aryl methyl sites for hydroxylation is 2. The fourth-order valence-corrected chi connectivity index (χ4v) is 4.70. The van der Waals surface area contributed by atoms with Crippen LogP contribution >= 0.6 is 11.8 Å². The van der Waals surface area contributed by atoms with Gasteiger partial charge in [-0.1, -0.05) is 23.9 Å². The van der Waals surface area contributed by atoms with Gasteiger partial charge in [0.25, 0.3) is 5.56 Å². The Hall–Kier alpha value is -3.54. The summed E-state index contributed by atoms with van der Waals surface area (Å²) in [6, 6.07) is 7.53. The van der Waals surface area contributed by atoms with Crippen LogP contribution in [0.3, 0.4) is 0 Å². The molecule has 0 saturated heterocycles. The van der Waals surface area contributed by atoms with Gasteiger partial charge in [0.15, 0.2) is 39.7 Å². The summed E-state index contributed by atoms with van der Waals surface area (Å²) in [6.07, 6.45) is 1.80. The number of thioether (sulfide) groups is 1. The van der Waals surface area contributed by atoms with Crippen molar-refractivity contribution in [1.29, 1.82) is 0 Å². The standard InChI is InChI=1S/C21H23N7O4S/c1-25-12-22-18-16(25)19(29)28(21(30)27(18)3)9-6-10-33-20-24-23-17(26(20)2)15-11-31-13-7-4-5-8-14(13)32-15/h4-5,7-8,12,15H,6,9-11H2,1-3H3/t15-/m1/s1. The van der Waals surface area contributed by atoms with E-state index in [9.17, 15) is 9.59 Å². The van der Waals surface area contributed by atoms with Gasteiger partial charge in [-0.05, 0) is 18.6 Å². The maximum atomic E-state index is 12.8. The fraction of sp³-hybridized carbons (Fsp3) is 0.381. The van der Waals surface area contributed by atoms with Crippen molar-refractivity contribution in [3.8, 4) is 11.5 Å². The van der Waals surface area contributed by atoms with Crippen molar-refractivity contribution in [1.82, 2.24) is 33.4 Å². The Bertz CT molecular complexity index is 1450. The first kappa shape index (κ1) is 21.3. The number of rotatable bonds is 6. The lowest BCUT2D eigenvalue weighted by atomic mass is 10.2. The van der Waals surface area contributed by atoms with Crippen LogP contribution < -0.4 is 20.7 Å². The van der Waals surface area contributed by atoms with Crippen molar-refractivity contribution < 1.29 is 9.47 Å². The molecule has 1 atom stereocenters. The second kappa shape index (κ2) is 8.43. The third-order valence-corrected chi connectivity index (χ3v) is 6.73. The topological polar surface area (TPSA) is 111 Å². The Morgan fingerprint density at radius 3 is 2.70 bits per heavy atom. The highest BCUT2D eigenvalue weighted by molar-refractivity contribution is 7.99. The molecule has 0 spiro atoms. The van der Waals surface area contributed by atoms with Crippen molar-refractivity contribution in [3.05, 3.63) is 57.3 Å². The molecule has 1 aliphatic rings. The monoisotopic (exact) mass is 469 g/mol. The fourth-order valence-electron chi connectivity index (χ4n) is 3.86. The van der Waals surface area contributed by atoms with Crippen molar-refractivity contribution >= 4 is 22.9 Å². The molecule has 33 heavy (non-hydrogen) atoms. The Kier molecular flexibility index (Phi) is 5.44. The molecule has 4 heterocycles. The maximum Gasteiger partial charge on any atom is 0.332 e. The van der Waals surface area contributed by atoms with E-state index in [1.54, 1.807) is 18.7 Å². The van der Waals surface area contributed by atoms with E-state index in [2.05, 4.69) is 15.2 Å². The summed E-state index contributed by atoms with van der Waals surface area (Å²) in [7, 11) is 5.25. The van der Waals surface area contributed by atoms with Crippen LogP contribution in [-0.2, 0) is 27.7 Å². The molecule has 1 aromatic carbocycles. The van der Waals surface area contributed by atoms with E-state index < -0.39 is 0 Å². The van der Waals surface area contributed by atoms with E-state index in [1.807, 2.05) is 35.9 Å². The second-order valence-electron chi connectivity index (χ2n) is 7.79. The maximum absolute atomic E-state index is 12.8. The molecule has 0 amide bonds. The molecule has 0 radical (unpaired) electrons. The summed E-state index contributed by atoms with van der Waals surface area (Å²) >= 11 is 1.51. The van der Waals surface area contributed by atoms with Crippen LogP contribution in [0.4, 0.5) is 0 Å². The zero-order valence-corrected chi connectivity index (χ0v) is 19.3. The summed E-state index contributed by atoms with van der Waals surface area (Å²) in [5, 5.41) is 9.31. The van der Waals surface area contributed by atoms with E-state index in [-0.39, 0.29) is 17.4 Å². The first-order valence-corrected chi connectivity index (χ1v) is 11.5. The molecule has 3 aromatic heterocycles. The molecule has 0 aliphatic carbocycles. The van der Waals surface area contributed by atoms with Crippen molar-refractivity contribution in [3.63, 3.8) is 0 Å². The van der Waals surface area contributed by atoms with Gasteiger partial charge in [0, 0.05) is 33.4 Å². The lowest BCUT2D eigenvalue weighted by molar-refractivity contribution is 0.0825.